The fraction of sp³-hybridized carbons (Fsp3) is 0.435. The van der Waals surface area contributed by atoms with Crippen LogP contribution < -0.4 is 15.6 Å². The number of carbonyl (C=O) groups excluding carboxylic acids is 2. The Kier molecular flexibility index (Phi) is 5.88. The molecule has 2 bridgehead atoms. The van der Waals surface area contributed by atoms with E-state index in [4.69, 9.17) is 4.74 Å². The number of nitrogens with one attached hydrogen (secondary N) is 1. The van der Waals surface area contributed by atoms with Crippen LogP contribution in [0, 0.1) is 5.92 Å². The molecule has 158 valence electrons. The molecule has 2 aliphatic rings. The molecule has 7 nitrogen and oxygen atoms in total. The van der Waals surface area contributed by atoms with Gasteiger partial charge in [0, 0.05) is 62.3 Å². The first-order chi connectivity index (χ1) is 14.5. The Hall–Kier alpha value is -3.09. The number of methoxy groups -OCH3 is 1. The molecule has 0 saturated carbocycles. The highest BCUT2D eigenvalue weighted by atomic mass is 16.5. The SMILES string of the molecule is COc1ccccc1CNC(=O)CCC(=O)N1C[C@@H]2C[C@@H](C1)c1cccc(=O)n1C2. The van der Waals surface area contributed by atoms with Gasteiger partial charge in [-0.05, 0) is 24.5 Å². The highest BCUT2D eigenvalue weighted by molar-refractivity contribution is 5.83. The zero-order valence-corrected chi connectivity index (χ0v) is 17.2. The molecule has 0 unspecified atom stereocenters. The van der Waals surface area contributed by atoms with Gasteiger partial charge in [-0.3, -0.25) is 14.4 Å². The second-order valence-electron chi connectivity index (χ2n) is 8.09. The van der Waals surface area contributed by atoms with E-state index in [2.05, 4.69) is 5.32 Å². The van der Waals surface area contributed by atoms with Crippen molar-refractivity contribution < 1.29 is 14.3 Å². The van der Waals surface area contributed by atoms with Gasteiger partial charge in [0.25, 0.3) is 5.56 Å². The number of hydrogen-bond donors (Lipinski definition) is 1. The number of carbonyl (C=O) groups is 2. The Labute approximate surface area is 175 Å². The molecule has 1 fully saturated rings. The first-order valence-corrected chi connectivity index (χ1v) is 10.4. The average Bonchev–Trinajstić information content (AvgIpc) is 2.76. The van der Waals surface area contributed by atoms with E-state index in [1.54, 1.807) is 19.2 Å². The second-order valence-corrected chi connectivity index (χ2v) is 8.09. The number of benzene rings is 1. The molecule has 0 radical (unpaired) electrons. The largest absolute Gasteiger partial charge is 0.496 e. The van der Waals surface area contributed by atoms with Gasteiger partial charge in [0.15, 0.2) is 0 Å². The number of aromatic nitrogens is 1. The molecule has 0 aliphatic carbocycles. The minimum Gasteiger partial charge on any atom is -0.496 e. The van der Waals surface area contributed by atoms with Crippen LogP contribution in [0.2, 0.25) is 0 Å². The summed E-state index contributed by atoms with van der Waals surface area (Å²) in [5.74, 6) is 1.06. The summed E-state index contributed by atoms with van der Waals surface area (Å²) < 4.78 is 7.14. The first kappa shape index (κ1) is 20.2. The van der Waals surface area contributed by atoms with Crippen molar-refractivity contribution >= 4 is 11.8 Å². The Morgan fingerprint density at radius 3 is 2.73 bits per heavy atom. The predicted octanol–water partition coefficient (Wildman–Crippen LogP) is 1.90. The summed E-state index contributed by atoms with van der Waals surface area (Å²) in [6, 6.07) is 12.9. The Morgan fingerprint density at radius 2 is 1.90 bits per heavy atom. The molecule has 2 aliphatic heterocycles. The molecule has 2 aromatic rings. The standard InChI is InChI=1S/C23H27N3O4/c1-30-20-7-3-2-5-17(20)12-24-21(27)9-10-22(28)25-13-16-11-18(15-25)19-6-4-8-23(29)26(19)14-16/h2-8,16,18H,9-15H2,1H3,(H,24,27)/t16-,18-/m0/s1. The van der Waals surface area contributed by atoms with Crippen LogP contribution in [0.4, 0.5) is 0 Å². The van der Waals surface area contributed by atoms with Crippen LogP contribution in [0.15, 0.2) is 47.3 Å². The van der Waals surface area contributed by atoms with Crippen LogP contribution in [0.3, 0.4) is 0 Å². The zero-order chi connectivity index (χ0) is 21.1. The predicted molar refractivity (Wildman–Crippen MR) is 112 cm³/mol. The van der Waals surface area contributed by atoms with Crippen molar-refractivity contribution in [3.8, 4) is 5.75 Å². The minimum absolute atomic E-state index is 0.00358. The average molecular weight is 409 g/mol. The number of nitrogens with zero attached hydrogens (tertiary/aromatic N) is 2. The lowest BCUT2D eigenvalue weighted by atomic mass is 9.83. The van der Waals surface area contributed by atoms with E-state index in [0.29, 0.717) is 32.1 Å². The third-order valence-electron chi connectivity index (χ3n) is 6.07. The number of hydrogen-bond acceptors (Lipinski definition) is 4. The summed E-state index contributed by atoms with van der Waals surface area (Å²) in [4.78, 5) is 39.0. The van der Waals surface area contributed by atoms with E-state index in [1.165, 1.54) is 0 Å². The molecule has 4 rings (SSSR count). The van der Waals surface area contributed by atoms with Crippen LogP contribution in [-0.4, -0.2) is 41.5 Å². The highest BCUT2D eigenvalue weighted by Crippen LogP contribution is 2.35. The zero-order valence-electron chi connectivity index (χ0n) is 17.2. The summed E-state index contributed by atoms with van der Waals surface area (Å²) in [5, 5.41) is 2.86. The van der Waals surface area contributed by atoms with Crippen molar-refractivity contribution in [2.24, 2.45) is 5.92 Å². The van der Waals surface area contributed by atoms with Crippen LogP contribution in [0.25, 0.3) is 0 Å². The molecule has 3 heterocycles. The Morgan fingerprint density at radius 1 is 1.07 bits per heavy atom. The van der Waals surface area contributed by atoms with Crippen molar-refractivity contribution in [3.63, 3.8) is 0 Å². The fourth-order valence-electron chi connectivity index (χ4n) is 4.61. The molecule has 0 spiro atoms. The fourth-order valence-corrected chi connectivity index (χ4v) is 4.61. The summed E-state index contributed by atoms with van der Waals surface area (Å²) in [5.41, 5.74) is 1.96. The van der Waals surface area contributed by atoms with E-state index in [-0.39, 0.29) is 36.1 Å². The Bertz CT molecular complexity index is 1000. The molecule has 7 heteroatoms. The van der Waals surface area contributed by atoms with Gasteiger partial charge < -0.3 is 19.5 Å². The molecule has 1 N–H and O–H groups in total. The van der Waals surface area contributed by atoms with Gasteiger partial charge in [-0.15, -0.1) is 0 Å². The number of pyridine rings is 1. The second kappa shape index (κ2) is 8.73. The topological polar surface area (TPSA) is 80.6 Å². The molecule has 1 aromatic heterocycles. The maximum absolute atomic E-state index is 12.7. The Balaban J connectivity index is 1.30. The smallest absolute Gasteiger partial charge is 0.250 e. The molecule has 2 atom stereocenters. The summed E-state index contributed by atoms with van der Waals surface area (Å²) in [7, 11) is 1.60. The number of fused-ring (bicyclic) bond motifs is 4. The van der Waals surface area contributed by atoms with Gasteiger partial charge >= 0.3 is 0 Å². The molecule has 30 heavy (non-hydrogen) atoms. The molecule has 1 saturated heterocycles. The number of likely N-dealkylation sites (tertiary alicyclic amines) is 1. The first-order valence-electron chi connectivity index (χ1n) is 10.4. The third-order valence-corrected chi connectivity index (χ3v) is 6.07. The van der Waals surface area contributed by atoms with Gasteiger partial charge in [-0.25, -0.2) is 0 Å². The van der Waals surface area contributed by atoms with Gasteiger partial charge in [0.05, 0.1) is 7.11 Å². The number of piperidine rings is 1. The van der Waals surface area contributed by atoms with Gasteiger partial charge in [0.2, 0.25) is 11.8 Å². The van der Waals surface area contributed by atoms with E-state index in [9.17, 15) is 14.4 Å². The highest BCUT2D eigenvalue weighted by Gasteiger charge is 2.36. The van der Waals surface area contributed by atoms with Gasteiger partial charge in [-0.1, -0.05) is 24.3 Å². The summed E-state index contributed by atoms with van der Waals surface area (Å²) >= 11 is 0. The van der Waals surface area contributed by atoms with Crippen molar-refractivity contribution in [2.45, 2.75) is 38.3 Å². The number of para-hydroxylation sites is 1. The maximum Gasteiger partial charge on any atom is 0.250 e. The van der Waals surface area contributed by atoms with Gasteiger partial charge in [-0.2, -0.15) is 0 Å². The summed E-state index contributed by atoms with van der Waals surface area (Å²) in [6.07, 6.45) is 1.36. The van der Waals surface area contributed by atoms with E-state index in [0.717, 1.165) is 23.4 Å². The summed E-state index contributed by atoms with van der Waals surface area (Å²) in [6.45, 7) is 2.30. The number of amides is 2. The molecular weight excluding hydrogens is 382 g/mol. The van der Waals surface area contributed by atoms with Crippen molar-refractivity contribution in [1.29, 1.82) is 0 Å². The maximum atomic E-state index is 12.7. The van der Waals surface area contributed by atoms with E-state index >= 15 is 0 Å². The van der Waals surface area contributed by atoms with E-state index in [1.807, 2.05) is 39.8 Å². The third kappa shape index (κ3) is 4.25. The lowest BCUT2D eigenvalue weighted by Crippen LogP contribution is -2.49. The van der Waals surface area contributed by atoms with Crippen LogP contribution >= 0.6 is 0 Å². The molecule has 1 aromatic carbocycles. The van der Waals surface area contributed by atoms with Crippen LogP contribution in [0.1, 0.15) is 36.4 Å². The number of ether oxygens (including phenoxy) is 1. The molecule has 2 amide bonds. The quantitative estimate of drug-likeness (QED) is 0.790. The van der Waals surface area contributed by atoms with E-state index < -0.39 is 0 Å². The van der Waals surface area contributed by atoms with Crippen molar-refractivity contribution in [2.75, 3.05) is 20.2 Å². The number of rotatable bonds is 6. The van der Waals surface area contributed by atoms with Crippen LogP contribution in [-0.2, 0) is 22.7 Å². The van der Waals surface area contributed by atoms with Gasteiger partial charge in [0.1, 0.15) is 5.75 Å². The minimum atomic E-state index is -0.150. The monoisotopic (exact) mass is 409 g/mol. The van der Waals surface area contributed by atoms with Crippen molar-refractivity contribution in [3.05, 3.63) is 64.1 Å². The lowest BCUT2D eigenvalue weighted by molar-refractivity contribution is -0.136. The molecular formula is C23H27N3O4. The normalized spacial score (nSPS) is 19.7. The lowest BCUT2D eigenvalue weighted by Gasteiger charge is -2.42. The van der Waals surface area contributed by atoms with Crippen LogP contribution in [0.5, 0.6) is 5.75 Å². The van der Waals surface area contributed by atoms with Crippen molar-refractivity contribution in [1.82, 2.24) is 14.8 Å².